The minimum atomic E-state index is -4.20. The Bertz CT molecular complexity index is 161. The van der Waals surface area contributed by atoms with Crippen LogP contribution in [-0.4, -0.2) is 32.5 Å². The van der Waals surface area contributed by atoms with Crippen molar-refractivity contribution in [2.75, 3.05) is 20.3 Å². The molecule has 0 radical (unpaired) electrons. The van der Waals surface area contributed by atoms with Gasteiger partial charge in [0.1, 0.15) is 6.61 Å². The van der Waals surface area contributed by atoms with Gasteiger partial charge in [0.25, 0.3) is 0 Å². The third-order valence-electron chi connectivity index (χ3n) is 2.52. The number of nitrogens with one attached hydrogen (secondary N) is 1. The van der Waals surface area contributed by atoms with Crippen molar-refractivity contribution in [1.82, 2.24) is 5.32 Å². The lowest BCUT2D eigenvalue weighted by Gasteiger charge is -2.18. The highest BCUT2D eigenvalue weighted by atomic mass is 19.4. The van der Waals surface area contributed by atoms with E-state index in [0.717, 1.165) is 6.42 Å². The van der Waals surface area contributed by atoms with Crippen LogP contribution in [0.3, 0.4) is 0 Å². The number of halogens is 3. The van der Waals surface area contributed by atoms with Crippen LogP contribution in [0.25, 0.3) is 0 Å². The molecule has 0 saturated carbocycles. The van der Waals surface area contributed by atoms with Gasteiger partial charge in [-0.1, -0.05) is 6.92 Å². The number of rotatable bonds is 7. The van der Waals surface area contributed by atoms with Crippen molar-refractivity contribution >= 4 is 0 Å². The summed E-state index contributed by atoms with van der Waals surface area (Å²) in [6, 6.07) is 0.382. The minimum absolute atomic E-state index is 0.181. The Morgan fingerprint density at radius 2 is 1.87 bits per heavy atom. The van der Waals surface area contributed by atoms with Gasteiger partial charge in [0.2, 0.25) is 0 Å². The van der Waals surface area contributed by atoms with Crippen LogP contribution < -0.4 is 5.32 Å². The Balaban J connectivity index is 3.39. The summed E-state index contributed by atoms with van der Waals surface area (Å²) in [5, 5.41) is 3.11. The summed E-state index contributed by atoms with van der Waals surface area (Å²) >= 11 is 0. The van der Waals surface area contributed by atoms with Crippen molar-refractivity contribution in [3.05, 3.63) is 0 Å². The molecule has 0 fully saturated rings. The van der Waals surface area contributed by atoms with Crippen molar-refractivity contribution < 1.29 is 17.9 Å². The first-order chi connectivity index (χ1) is 6.87. The molecule has 5 heteroatoms. The third kappa shape index (κ3) is 8.69. The van der Waals surface area contributed by atoms with E-state index in [2.05, 4.69) is 23.9 Å². The van der Waals surface area contributed by atoms with Crippen molar-refractivity contribution in [3.63, 3.8) is 0 Å². The maximum atomic E-state index is 11.7. The number of hydrogen-bond donors (Lipinski definition) is 1. The van der Waals surface area contributed by atoms with Crippen LogP contribution in [0.4, 0.5) is 13.2 Å². The third-order valence-corrected chi connectivity index (χ3v) is 2.52. The molecule has 0 heterocycles. The van der Waals surface area contributed by atoms with Gasteiger partial charge in [0, 0.05) is 12.6 Å². The summed E-state index contributed by atoms with van der Waals surface area (Å²) in [4.78, 5) is 0. The average molecular weight is 227 g/mol. The van der Waals surface area contributed by atoms with Crippen LogP contribution in [0.5, 0.6) is 0 Å². The molecule has 0 aliphatic carbocycles. The fourth-order valence-electron chi connectivity index (χ4n) is 1.23. The molecule has 2 nitrogen and oxygen atoms in total. The first kappa shape index (κ1) is 14.7. The topological polar surface area (TPSA) is 21.3 Å². The highest BCUT2D eigenvalue weighted by molar-refractivity contribution is 4.65. The van der Waals surface area contributed by atoms with E-state index < -0.39 is 12.8 Å². The Hall–Kier alpha value is -0.290. The van der Waals surface area contributed by atoms with E-state index >= 15 is 0 Å². The standard InChI is InChI=1S/C10H20F3NO/c1-8(9(2)14-3)5-4-6-15-7-10(11,12)13/h8-9,14H,4-7H2,1-3H3. The van der Waals surface area contributed by atoms with Gasteiger partial charge in [-0.15, -0.1) is 0 Å². The highest BCUT2D eigenvalue weighted by Crippen LogP contribution is 2.15. The minimum Gasteiger partial charge on any atom is -0.372 e. The molecule has 0 rings (SSSR count). The predicted octanol–water partition coefficient (Wildman–Crippen LogP) is 2.59. The first-order valence-electron chi connectivity index (χ1n) is 5.18. The van der Waals surface area contributed by atoms with Crippen LogP contribution in [0, 0.1) is 5.92 Å². The van der Waals surface area contributed by atoms with Gasteiger partial charge in [0.05, 0.1) is 0 Å². The molecule has 2 atom stereocenters. The van der Waals surface area contributed by atoms with Crippen molar-refractivity contribution in [2.45, 2.75) is 38.9 Å². The van der Waals surface area contributed by atoms with E-state index in [1.165, 1.54) is 0 Å². The lowest BCUT2D eigenvalue weighted by atomic mass is 9.98. The molecule has 1 N–H and O–H groups in total. The van der Waals surface area contributed by atoms with Gasteiger partial charge in [-0.2, -0.15) is 13.2 Å². The summed E-state index contributed by atoms with van der Waals surface area (Å²) in [5.74, 6) is 0.449. The van der Waals surface area contributed by atoms with Crippen LogP contribution in [0.15, 0.2) is 0 Å². The summed E-state index contributed by atoms with van der Waals surface area (Å²) in [6.07, 6.45) is -2.66. The zero-order valence-electron chi connectivity index (χ0n) is 9.53. The fourth-order valence-corrected chi connectivity index (χ4v) is 1.23. The summed E-state index contributed by atoms with van der Waals surface area (Å²) in [7, 11) is 1.88. The largest absolute Gasteiger partial charge is 0.411 e. The van der Waals surface area contributed by atoms with E-state index in [1.54, 1.807) is 0 Å². The lowest BCUT2D eigenvalue weighted by Crippen LogP contribution is -2.28. The summed E-state index contributed by atoms with van der Waals surface area (Å²) in [5.41, 5.74) is 0. The molecule has 0 aromatic heterocycles. The molecule has 0 spiro atoms. The monoisotopic (exact) mass is 227 g/mol. The first-order valence-corrected chi connectivity index (χ1v) is 5.18. The van der Waals surface area contributed by atoms with Crippen LogP contribution in [0.2, 0.25) is 0 Å². The zero-order valence-corrected chi connectivity index (χ0v) is 9.53. The number of hydrogen-bond acceptors (Lipinski definition) is 2. The SMILES string of the molecule is CNC(C)C(C)CCCOCC(F)(F)F. The van der Waals surface area contributed by atoms with Gasteiger partial charge < -0.3 is 10.1 Å². The van der Waals surface area contributed by atoms with Gasteiger partial charge in [-0.3, -0.25) is 0 Å². The van der Waals surface area contributed by atoms with Gasteiger partial charge >= 0.3 is 6.18 Å². The number of ether oxygens (including phenoxy) is 1. The fraction of sp³-hybridized carbons (Fsp3) is 1.00. The van der Waals surface area contributed by atoms with Crippen molar-refractivity contribution in [2.24, 2.45) is 5.92 Å². The molecule has 92 valence electrons. The maximum absolute atomic E-state index is 11.7. The van der Waals surface area contributed by atoms with Crippen molar-refractivity contribution in [1.29, 1.82) is 0 Å². The van der Waals surface area contributed by atoms with Gasteiger partial charge in [-0.05, 0) is 32.7 Å². The molecule has 2 unspecified atom stereocenters. The lowest BCUT2D eigenvalue weighted by molar-refractivity contribution is -0.174. The predicted molar refractivity (Wildman–Crippen MR) is 53.8 cm³/mol. The molecule has 15 heavy (non-hydrogen) atoms. The summed E-state index contributed by atoms with van der Waals surface area (Å²) in [6.45, 7) is 3.18. The molecular formula is C10H20F3NO. The second-order valence-corrected chi connectivity index (χ2v) is 3.86. The van der Waals surface area contributed by atoms with E-state index in [-0.39, 0.29) is 6.61 Å². The molecular weight excluding hydrogens is 207 g/mol. The van der Waals surface area contributed by atoms with Crippen LogP contribution in [0.1, 0.15) is 26.7 Å². The Kier molecular flexibility index (Phi) is 6.92. The van der Waals surface area contributed by atoms with Crippen molar-refractivity contribution in [3.8, 4) is 0 Å². The van der Waals surface area contributed by atoms with E-state index in [1.807, 2.05) is 7.05 Å². The van der Waals surface area contributed by atoms with E-state index in [4.69, 9.17) is 0 Å². The Labute approximate surface area is 89.2 Å². The summed E-state index contributed by atoms with van der Waals surface area (Å²) < 4.78 is 39.6. The Morgan fingerprint density at radius 1 is 1.27 bits per heavy atom. The molecule has 0 aromatic rings. The molecule has 0 aromatic carbocycles. The van der Waals surface area contributed by atoms with Crippen LogP contribution in [-0.2, 0) is 4.74 Å². The van der Waals surface area contributed by atoms with E-state index in [0.29, 0.717) is 18.4 Å². The average Bonchev–Trinajstić information content (AvgIpc) is 2.14. The van der Waals surface area contributed by atoms with Gasteiger partial charge in [-0.25, -0.2) is 0 Å². The number of alkyl halides is 3. The van der Waals surface area contributed by atoms with E-state index in [9.17, 15) is 13.2 Å². The normalized spacial score (nSPS) is 16.4. The second-order valence-electron chi connectivity index (χ2n) is 3.86. The molecule has 0 saturated heterocycles. The molecule has 0 amide bonds. The molecule has 0 bridgehead atoms. The smallest absolute Gasteiger partial charge is 0.372 e. The molecule has 0 aliphatic rings. The second kappa shape index (κ2) is 7.06. The molecule has 0 aliphatic heterocycles. The maximum Gasteiger partial charge on any atom is 0.411 e. The van der Waals surface area contributed by atoms with Crippen LogP contribution >= 0.6 is 0 Å². The zero-order chi connectivity index (χ0) is 11.9. The highest BCUT2D eigenvalue weighted by Gasteiger charge is 2.27. The van der Waals surface area contributed by atoms with Gasteiger partial charge in [0.15, 0.2) is 0 Å². The quantitative estimate of drug-likeness (QED) is 0.675. The Morgan fingerprint density at radius 3 is 2.33 bits per heavy atom.